The van der Waals surface area contributed by atoms with Crippen LogP contribution in [0.1, 0.15) is 24.5 Å². The van der Waals surface area contributed by atoms with Crippen LogP contribution < -0.4 is 9.80 Å². The number of anilines is 2. The maximum Gasteiger partial charge on any atom is 0.150 e. The molecule has 1 N–H and O–H groups in total. The standard InChI is InChI=1S/C22H24FN5O/c23-18-3-1-16-2-4-20(26-19(16)11-18)28-12-17(13-28)21-22(25-8-7-24-21)27-9-5-15(14-29)6-10-27/h1-4,7-8,11,15,17,29H,5-6,9-10,12-14H2. The maximum absolute atomic E-state index is 13.5. The highest BCUT2D eigenvalue weighted by Gasteiger charge is 2.34. The second-order valence-corrected chi connectivity index (χ2v) is 7.99. The van der Waals surface area contributed by atoms with Gasteiger partial charge in [-0.05, 0) is 43.0 Å². The molecule has 0 saturated carbocycles. The van der Waals surface area contributed by atoms with Gasteiger partial charge in [0.15, 0.2) is 5.82 Å². The van der Waals surface area contributed by atoms with Crippen LogP contribution in [0.3, 0.4) is 0 Å². The number of aliphatic hydroxyl groups excluding tert-OH is 1. The third kappa shape index (κ3) is 3.51. The fourth-order valence-corrected chi connectivity index (χ4v) is 4.29. The minimum absolute atomic E-state index is 0.265. The number of pyridine rings is 1. The Morgan fingerprint density at radius 2 is 1.76 bits per heavy atom. The number of benzene rings is 1. The van der Waals surface area contributed by atoms with E-state index in [-0.39, 0.29) is 12.4 Å². The normalized spacial score (nSPS) is 18.3. The molecule has 3 aromatic rings. The van der Waals surface area contributed by atoms with Crippen molar-refractivity contribution < 1.29 is 9.50 Å². The summed E-state index contributed by atoms with van der Waals surface area (Å²) in [6.07, 6.45) is 5.49. The Labute approximate surface area is 169 Å². The number of fused-ring (bicyclic) bond motifs is 1. The second kappa shape index (κ2) is 7.55. The summed E-state index contributed by atoms with van der Waals surface area (Å²) in [7, 11) is 0. The van der Waals surface area contributed by atoms with E-state index in [1.54, 1.807) is 18.5 Å². The highest BCUT2D eigenvalue weighted by Crippen LogP contribution is 2.35. The lowest BCUT2D eigenvalue weighted by molar-refractivity contribution is 0.202. The number of piperidine rings is 1. The van der Waals surface area contributed by atoms with Crippen LogP contribution in [-0.2, 0) is 0 Å². The average molecular weight is 393 g/mol. The van der Waals surface area contributed by atoms with Crippen LogP contribution in [-0.4, -0.2) is 52.8 Å². The number of nitrogens with zero attached hydrogens (tertiary/aromatic N) is 5. The number of aromatic nitrogens is 3. The Hall–Kier alpha value is -2.80. The zero-order chi connectivity index (χ0) is 19.8. The summed E-state index contributed by atoms with van der Waals surface area (Å²) in [4.78, 5) is 18.4. The molecule has 5 rings (SSSR count). The van der Waals surface area contributed by atoms with E-state index in [2.05, 4.69) is 24.8 Å². The first kappa shape index (κ1) is 18.2. The third-order valence-corrected chi connectivity index (χ3v) is 6.11. The molecule has 4 heterocycles. The predicted molar refractivity (Wildman–Crippen MR) is 111 cm³/mol. The summed E-state index contributed by atoms with van der Waals surface area (Å²) < 4.78 is 13.5. The molecular formula is C22H24FN5O. The van der Waals surface area contributed by atoms with E-state index < -0.39 is 0 Å². The lowest BCUT2D eigenvalue weighted by Gasteiger charge is -2.41. The molecule has 7 heteroatoms. The van der Waals surface area contributed by atoms with E-state index in [4.69, 9.17) is 0 Å². The number of hydrogen-bond acceptors (Lipinski definition) is 6. The van der Waals surface area contributed by atoms with E-state index in [9.17, 15) is 9.50 Å². The van der Waals surface area contributed by atoms with Gasteiger partial charge in [-0.25, -0.2) is 14.4 Å². The monoisotopic (exact) mass is 393 g/mol. The maximum atomic E-state index is 13.5. The lowest BCUT2D eigenvalue weighted by atomic mass is 9.93. The molecule has 0 radical (unpaired) electrons. The second-order valence-electron chi connectivity index (χ2n) is 7.99. The van der Waals surface area contributed by atoms with Crippen molar-refractivity contribution in [3.05, 3.63) is 54.2 Å². The minimum Gasteiger partial charge on any atom is -0.396 e. The highest BCUT2D eigenvalue weighted by atomic mass is 19.1. The van der Waals surface area contributed by atoms with Crippen LogP contribution in [0.4, 0.5) is 16.0 Å². The molecule has 2 saturated heterocycles. The molecule has 2 aliphatic rings. The van der Waals surface area contributed by atoms with E-state index >= 15 is 0 Å². The van der Waals surface area contributed by atoms with Crippen molar-refractivity contribution >= 4 is 22.5 Å². The quantitative estimate of drug-likeness (QED) is 0.735. The number of aliphatic hydroxyl groups is 1. The first-order valence-corrected chi connectivity index (χ1v) is 10.2. The molecule has 2 aromatic heterocycles. The van der Waals surface area contributed by atoms with Crippen LogP contribution in [0.15, 0.2) is 42.7 Å². The number of halogens is 1. The zero-order valence-corrected chi connectivity index (χ0v) is 16.2. The summed E-state index contributed by atoms with van der Waals surface area (Å²) in [5.74, 6) is 2.28. The molecule has 150 valence electrons. The Balaban J connectivity index is 1.31. The molecule has 0 aliphatic carbocycles. The molecule has 0 bridgehead atoms. The molecule has 0 atom stereocenters. The van der Waals surface area contributed by atoms with Gasteiger partial charge in [-0.3, -0.25) is 4.98 Å². The van der Waals surface area contributed by atoms with E-state index in [1.165, 1.54) is 12.1 Å². The first-order valence-electron chi connectivity index (χ1n) is 10.2. The SMILES string of the molecule is OCC1CCN(c2nccnc2C2CN(c3ccc4ccc(F)cc4n3)C2)CC1. The number of hydrogen-bond donors (Lipinski definition) is 1. The average Bonchev–Trinajstić information content (AvgIpc) is 2.73. The molecule has 2 fully saturated rings. The summed E-state index contributed by atoms with van der Waals surface area (Å²) in [5.41, 5.74) is 1.72. The predicted octanol–water partition coefficient (Wildman–Crippen LogP) is 2.98. The number of rotatable bonds is 4. The molecule has 29 heavy (non-hydrogen) atoms. The van der Waals surface area contributed by atoms with E-state index in [0.29, 0.717) is 17.4 Å². The molecule has 0 amide bonds. The Morgan fingerprint density at radius 3 is 2.55 bits per heavy atom. The summed E-state index contributed by atoms with van der Waals surface area (Å²) in [6, 6.07) is 8.68. The Kier molecular flexibility index (Phi) is 4.75. The van der Waals surface area contributed by atoms with Gasteiger partial charge in [0.25, 0.3) is 0 Å². The highest BCUT2D eigenvalue weighted by molar-refractivity contribution is 5.80. The van der Waals surface area contributed by atoms with Gasteiger partial charge in [0.05, 0.1) is 11.2 Å². The van der Waals surface area contributed by atoms with Gasteiger partial charge in [0.2, 0.25) is 0 Å². The molecule has 0 unspecified atom stereocenters. The summed E-state index contributed by atoms with van der Waals surface area (Å²) >= 11 is 0. The Bertz CT molecular complexity index is 1020. The molecule has 0 spiro atoms. The van der Waals surface area contributed by atoms with Crippen LogP contribution in [0.5, 0.6) is 0 Å². The molecule has 2 aliphatic heterocycles. The fourth-order valence-electron chi connectivity index (χ4n) is 4.29. The topological polar surface area (TPSA) is 65.4 Å². The van der Waals surface area contributed by atoms with E-state index in [0.717, 1.165) is 61.7 Å². The molecule has 1 aromatic carbocycles. The van der Waals surface area contributed by atoms with Crippen molar-refractivity contribution in [1.29, 1.82) is 0 Å². The van der Waals surface area contributed by atoms with Gasteiger partial charge >= 0.3 is 0 Å². The van der Waals surface area contributed by atoms with Crippen LogP contribution in [0, 0.1) is 11.7 Å². The molecular weight excluding hydrogens is 369 g/mol. The van der Waals surface area contributed by atoms with Crippen LogP contribution in [0.2, 0.25) is 0 Å². The smallest absolute Gasteiger partial charge is 0.150 e. The van der Waals surface area contributed by atoms with Gasteiger partial charge in [-0.15, -0.1) is 0 Å². The fraction of sp³-hybridized carbons (Fsp3) is 0.409. The third-order valence-electron chi connectivity index (χ3n) is 6.11. The summed E-state index contributed by atoms with van der Waals surface area (Å²) in [5, 5.41) is 10.3. The van der Waals surface area contributed by atoms with E-state index in [1.807, 2.05) is 12.1 Å². The lowest BCUT2D eigenvalue weighted by Crippen LogP contribution is -2.47. The van der Waals surface area contributed by atoms with Crippen LogP contribution in [0.25, 0.3) is 10.9 Å². The largest absolute Gasteiger partial charge is 0.396 e. The van der Waals surface area contributed by atoms with Crippen molar-refractivity contribution in [1.82, 2.24) is 15.0 Å². The van der Waals surface area contributed by atoms with Gasteiger partial charge in [0.1, 0.15) is 11.6 Å². The van der Waals surface area contributed by atoms with Gasteiger partial charge in [0, 0.05) is 62.6 Å². The molecule has 6 nitrogen and oxygen atoms in total. The first-order chi connectivity index (χ1) is 14.2. The van der Waals surface area contributed by atoms with Crippen LogP contribution >= 0.6 is 0 Å². The van der Waals surface area contributed by atoms with Crippen molar-refractivity contribution in [2.75, 3.05) is 42.6 Å². The zero-order valence-electron chi connectivity index (χ0n) is 16.2. The minimum atomic E-state index is -0.266. The van der Waals surface area contributed by atoms with Crippen molar-refractivity contribution in [2.24, 2.45) is 5.92 Å². The van der Waals surface area contributed by atoms with Gasteiger partial charge < -0.3 is 14.9 Å². The van der Waals surface area contributed by atoms with Crippen molar-refractivity contribution in [3.63, 3.8) is 0 Å². The van der Waals surface area contributed by atoms with Crippen molar-refractivity contribution in [2.45, 2.75) is 18.8 Å². The van der Waals surface area contributed by atoms with Crippen molar-refractivity contribution in [3.8, 4) is 0 Å². The summed E-state index contributed by atoms with van der Waals surface area (Å²) in [6.45, 7) is 3.73. The van der Waals surface area contributed by atoms with Gasteiger partial charge in [-0.1, -0.05) is 0 Å². The van der Waals surface area contributed by atoms with Gasteiger partial charge in [-0.2, -0.15) is 0 Å². The Morgan fingerprint density at radius 1 is 1.00 bits per heavy atom.